The average molecular weight is 368 g/mol. The summed E-state index contributed by atoms with van der Waals surface area (Å²) in [7, 11) is 0. The van der Waals surface area contributed by atoms with Gasteiger partial charge in [-0.05, 0) is 43.5 Å². The second-order valence-corrected chi connectivity index (χ2v) is 6.78. The highest BCUT2D eigenvalue weighted by molar-refractivity contribution is 9.10. The molecule has 110 valence electrons. The molecule has 1 aromatic carbocycles. The van der Waals surface area contributed by atoms with Crippen molar-refractivity contribution in [2.75, 3.05) is 0 Å². The molecule has 0 spiro atoms. The molecular formula is C16H16BrClN2O. The molecule has 1 amide bonds. The predicted octanol–water partition coefficient (Wildman–Crippen LogP) is 4.73. The number of halogens is 2. The van der Waals surface area contributed by atoms with Crippen molar-refractivity contribution < 1.29 is 4.79 Å². The van der Waals surface area contributed by atoms with Crippen molar-refractivity contribution in [1.29, 1.82) is 0 Å². The fourth-order valence-electron chi connectivity index (χ4n) is 2.41. The molecule has 1 aromatic heterocycles. The molecule has 5 heteroatoms. The van der Waals surface area contributed by atoms with Gasteiger partial charge in [0, 0.05) is 16.7 Å². The zero-order valence-corrected chi connectivity index (χ0v) is 14.0. The largest absolute Gasteiger partial charge is 0.344 e. The van der Waals surface area contributed by atoms with Gasteiger partial charge >= 0.3 is 0 Å². The highest BCUT2D eigenvalue weighted by Gasteiger charge is 2.28. The van der Waals surface area contributed by atoms with Gasteiger partial charge in [-0.3, -0.25) is 4.79 Å². The summed E-state index contributed by atoms with van der Waals surface area (Å²) in [4.78, 5) is 12.5. The number of carbonyl (C=O) groups is 1. The van der Waals surface area contributed by atoms with E-state index >= 15 is 0 Å². The molecule has 2 aromatic rings. The van der Waals surface area contributed by atoms with Gasteiger partial charge in [0.1, 0.15) is 5.69 Å². The van der Waals surface area contributed by atoms with Crippen LogP contribution >= 0.6 is 27.5 Å². The molecule has 1 aliphatic rings. The first-order valence-corrected chi connectivity index (χ1v) is 8.15. The maximum absolute atomic E-state index is 12.5. The Morgan fingerprint density at radius 1 is 1.43 bits per heavy atom. The molecule has 1 unspecified atom stereocenters. The maximum atomic E-state index is 12.5. The Morgan fingerprint density at radius 2 is 2.19 bits per heavy atom. The monoisotopic (exact) mass is 366 g/mol. The van der Waals surface area contributed by atoms with Crippen LogP contribution in [0.25, 0.3) is 0 Å². The van der Waals surface area contributed by atoms with E-state index in [1.807, 2.05) is 42.0 Å². The first kappa shape index (κ1) is 14.7. The Balaban J connectivity index is 1.77. The van der Waals surface area contributed by atoms with Gasteiger partial charge in [-0.2, -0.15) is 0 Å². The van der Waals surface area contributed by atoms with Crippen molar-refractivity contribution in [1.82, 2.24) is 9.88 Å². The maximum Gasteiger partial charge on any atom is 0.268 e. The Morgan fingerprint density at radius 3 is 2.86 bits per heavy atom. The van der Waals surface area contributed by atoms with Crippen molar-refractivity contribution in [2.24, 2.45) is 0 Å². The Hall–Kier alpha value is -1.26. The first-order valence-electron chi connectivity index (χ1n) is 6.98. The molecular weight excluding hydrogens is 352 g/mol. The molecule has 0 saturated heterocycles. The van der Waals surface area contributed by atoms with Gasteiger partial charge in [0.2, 0.25) is 0 Å². The lowest BCUT2D eigenvalue weighted by Gasteiger charge is -2.15. The summed E-state index contributed by atoms with van der Waals surface area (Å²) in [6, 6.07) is 10.1. The Kier molecular flexibility index (Phi) is 4.09. The summed E-state index contributed by atoms with van der Waals surface area (Å²) in [5.74, 6) is -0.0822. The molecule has 1 atom stereocenters. The van der Waals surface area contributed by atoms with E-state index in [1.165, 1.54) is 0 Å². The molecule has 1 fully saturated rings. The number of hydrogen-bond donors (Lipinski definition) is 1. The predicted molar refractivity (Wildman–Crippen MR) is 87.7 cm³/mol. The summed E-state index contributed by atoms with van der Waals surface area (Å²) < 4.78 is 3.00. The number of nitrogens with zero attached hydrogens (tertiary/aromatic N) is 1. The molecule has 3 rings (SSSR count). The van der Waals surface area contributed by atoms with E-state index in [2.05, 4.69) is 21.2 Å². The molecule has 1 N–H and O–H groups in total. The number of carbonyl (C=O) groups excluding carboxylic acids is 1. The molecule has 3 nitrogen and oxygen atoms in total. The van der Waals surface area contributed by atoms with Gasteiger partial charge in [-0.15, -0.1) is 0 Å². The quantitative estimate of drug-likeness (QED) is 0.833. The minimum absolute atomic E-state index is 0.0590. The standard InChI is InChI=1S/C16H16BrClN2O/c1-10(11-3-2-4-12(17)7-11)19-16(21)15-8-13(18)9-20(15)14-5-6-14/h2-4,7-10,14H,5-6H2,1H3,(H,19,21). The number of rotatable bonds is 4. The van der Waals surface area contributed by atoms with E-state index in [0.717, 1.165) is 22.9 Å². The van der Waals surface area contributed by atoms with E-state index < -0.39 is 0 Å². The molecule has 0 aliphatic heterocycles. The molecule has 0 radical (unpaired) electrons. The minimum atomic E-state index is -0.0822. The van der Waals surface area contributed by atoms with Crippen LogP contribution < -0.4 is 5.32 Å². The average Bonchev–Trinajstić information content (AvgIpc) is 3.21. The minimum Gasteiger partial charge on any atom is -0.344 e. The zero-order chi connectivity index (χ0) is 15.0. The smallest absolute Gasteiger partial charge is 0.268 e. The van der Waals surface area contributed by atoms with Crippen LogP contribution in [0, 0.1) is 0 Å². The van der Waals surface area contributed by atoms with Gasteiger partial charge in [-0.1, -0.05) is 39.7 Å². The third-order valence-electron chi connectivity index (χ3n) is 3.68. The third-order valence-corrected chi connectivity index (χ3v) is 4.38. The van der Waals surface area contributed by atoms with E-state index in [4.69, 9.17) is 11.6 Å². The van der Waals surface area contributed by atoms with E-state index in [1.54, 1.807) is 6.07 Å². The van der Waals surface area contributed by atoms with Crippen LogP contribution in [0.4, 0.5) is 0 Å². The second-order valence-electron chi connectivity index (χ2n) is 5.43. The molecule has 1 saturated carbocycles. The summed E-state index contributed by atoms with van der Waals surface area (Å²) >= 11 is 9.50. The number of benzene rings is 1. The number of nitrogens with one attached hydrogen (secondary N) is 1. The van der Waals surface area contributed by atoms with Crippen LogP contribution in [-0.4, -0.2) is 10.5 Å². The lowest BCUT2D eigenvalue weighted by atomic mass is 10.1. The van der Waals surface area contributed by atoms with E-state index in [0.29, 0.717) is 16.8 Å². The van der Waals surface area contributed by atoms with Gasteiger partial charge in [0.05, 0.1) is 11.1 Å². The van der Waals surface area contributed by atoms with Crippen LogP contribution in [0.1, 0.15) is 47.9 Å². The fourth-order valence-corrected chi connectivity index (χ4v) is 3.04. The summed E-state index contributed by atoms with van der Waals surface area (Å²) in [6.07, 6.45) is 4.08. The highest BCUT2D eigenvalue weighted by atomic mass is 79.9. The molecule has 1 aliphatic carbocycles. The van der Waals surface area contributed by atoms with Crippen LogP contribution in [-0.2, 0) is 0 Å². The van der Waals surface area contributed by atoms with Crippen LogP contribution in [0.2, 0.25) is 5.02 Å². The topological polar surface area (TPSA) is 34.0 Å². The summed E-state index contributed by atoms with van der Waals surface area (Å²) in [5.41, 5.74) is 1.71. The van der Waals surface area contributed by atoms with Crippen molar-refractivity contribution in [2.45, 2.75) is 31.8 Å². The fraction of sp³-hybridized carbons (Fsp3) is 0.312. The summed E-state index contributed by atoms with van der Waals surface area (Å²) in [6.45, 7) is 1.98. The highest BCUT2D eigenvalue weighted by Crippen LogP contribution is 2.37. The molecule has 0 bridgehead atoms. The van der Waals surface area contributed by atoms with Crippen LogP contribution in [0.5, 0.6) is 0 Å². The summed E-state index contributed by atoms with van der Waals surface area (Å²) in [5, 5.41) is 3.65. The number of amides is 1. The third kappa shape index (κ3) is 3.33. The number of aromatic nitrogens is 1. The van der Waals surface area contributed by atoms with E-state index in [-0.39, 0.29) is 11.9 Å². The second kappa shape index (κ2) is 5.85. The van der Waals surface area contributed by atoms with Crippen molar-refractivity contribution in [3.8, 4) is 0 Å². The molecule has 1 heterocycles. The van der Waals surface area contributed by atoms with E-state index in [9.17, 15) is 4.79 Å². The first-order chi connectivity index (χ1) is 10.0. The van der Waals surface area contributed by atoms with Crippen molar-refractivity contribution in [3.05, 3.63) is 57.3 Å². The Labute approximate surface area is 137 Å². The van der Waals surface area contributed by atoms with Crippen LogP contribution in [0.3, 0.4) is 0 Å². The van der Waals surface area contributed by atoms with Gasteiger partial charge in [0.25, 0.3) is 5.91 Å². The van der Waals surface area contributed by atoms with Crippen molar-refractivity contribution in [3.63, 3.8) is 0 Å². The Bertz CT molecular complexity index is 679. The van der Waals surface area contributed by atoms with Gasteiger partial charge < -0.3 is 9.88 Å². The van der Waals surface area contributed by atoms with Crippen LogP contribution in [0.15, 0.2) is 41.0 Å². The SMILES string of the molecule is CC(NC(=O)c1cc(Cl)cn1C1CC1)c1cccc(Br)c1. The number of hydrogen-bond acceptors (Lipinski definition) is 1. The van der Waals surface area contributed by atoms with Crippen molar-refractivity contribution >= 4 is 33.4 Å². The normalized spacial score (nSPS) is 15.8. The molecule has 21 heavy (non-hydrogen) atoms. The van der Waals surface area contributed by atoms with Gasteiger partial charge in [-0.25, -0.2) is 0 Å². The zero-order valence-electron chi connectivity index (χ0n) is 11.6. The van der Waals surface area contributed by atoms with Gasteiger partial charge in [0.15, 0.2) is 0 Å². The lowest BCUT2D eigenvalue weighted by molar-refractivity contribution is 0.0930. The lowest BCUT2D eigenvalue weighted by Crippen LogP contribution is -2.28.